The van der Waals surface area contributed by atoms with Gasteiger partial charge in [0.25, 0.3) is 5.92 Å². The van der Waals surface area contributed by atoms with Crippen LogP contribution in [0.4, 0.5) is 24.7 Å². The van der Waals surface area contributed by atoms with Crippen molar-refractivity contribution in [2.45, 2.75) is 45.6 Å². The molecule has 34 heavy (non-hydrogen) atoms. The molecule has 2 aliphatic heterocycles. The highest BCUT2D eigenvalue weighted by Gasteiger charge is 2.41. The minimum Gasteiger partial charge on any atom is -0.380 e. The molecule has 0 unspecified atom stereocenters. The first-order chi connectivity index (χ1) is 16.2. The molecular weight excluding hydrogens is 443 g/mol. The summed E-state index contributed by atoms with van der Waals surface area (Å²) >= 11 is 0. The topological polar surface area (TPSA) is 63.2 Å². The predicted molar refractivity (Wildman–Crippen MR) is 125 cm³/mol. The van der Waals surface area contributed by atoms with Gasteiger partial charge in [-0.25, -0.2) is 13.2 Å². The molecule has 2 aliphatic rings. The fraction of sp³-hybridized carbons (Fsp3) is 0.480. The normalized spacial score (nSPS) is 18.7. The fourth-order valence-corrected chi connectivity index (χ4v) is 4.85. The summed E-state index contributed by atoms with van der Waals surface area (Å²) in [6.45, 7) is 7.79. The molecule has 1 atom stereocenters. The molecule has 0 amide bonds. The summed E-state index contributed by atoms with van der Waals surface area (Å²) in [5.74, 6) is -3.75. The van der Waals surface area contributed by atoms with Crippen LogP contribution in [0.1, 0.15) is 49.6 Å². The summed E-state index contributed by atoms with van der Waals surface area (Å²) in [5.41, 5.74) is 2.22. The van der Waals surface area contributed by atoms with Gasteiger partial charge in [-0.2, -0.15) is 5.10 Å². The standard InChI is InChI=1S/C25H28F3N5O/c1-15(18-5-4-6-20(21(18)26)24(3,27)28)30-23-19-11-17(12-29-22(19)16(2)31-32-23)33-9-7-25(8-10-33)13-34-14-25/h4-6,11-12,15H,7-10,13-14H2,1-3H3,(H,30,32)/t15-/m1/s1. The lowest BCUT2D eigenvalue weighted by molar-refractivity contribution is -0.124. The highest BCUT2D eigenvalue weighted by molar-refractivity contribution is 5.92. The largest absolute Gasteiger partial charge is 0.380 e. The molecule has 1 N–H and O–H groups in total. The number of aromatic nitrogens is 3. The van der Waals surface area contributed by atoms with Gasteiger partial charge in [-0.15, -0.1) is 5.10 Å². The van der Waals surface area contributed by atoms with E-state index >= 15 is 0 Å². The molecule has 3 aromatic rings. The summed E-state index contributed by atoms with van der Waals surface area (Å²) in [4.78, 5) is 6.96. The van der Waals surface area contributed by atoms with Gasteiger partial charge >= 0.3 is 0 Å². The van der Waals surface area contributed by atoms with Gasteiger partial charge in [0.05, 0.1) is 47.9 Å². The van der Waals surface area contributed by atoms with Crippen molar-refractivity contribution in [2.24, 2.45) is 5.41 Å². The van der Waals surface area contributed by atoms with Crippen molar-refractivity contribution in [3.05, 3.63) is 53.1 Å². The number of anilines is 2. The first-order valence-electron chi connectivity index (χ1n) is 11.6. The van der Waals surface area contributed by atoms with Crippen molar-refractivity contribution in [1.29, 1.82) is 0 Å². The number of piperidine rings is 1. The number of fused-ring (bicyclic) bond motifs is 1. The first-order valence-corrected chi connectivity index (χ1v) is 11.6. The number of hydrogen-bond donors (Lipinski definition) is 1. The molecule has 4 heterocycles. The second-order valence-corrected chi connectivity index (χ2v) is 9.67. The molecule has 0 aliphatic carbocycles. The monoisotopic (exact) mass is 471 g/mol. The quantitative estimate of drug-likeness (QED) is 0.540. The zero-order valence-electron chi connectivity index (χ0n) is 19.5. The average molecular weight is 472 g/mol. The molecule has 6 nitrogen and oxygen atoms in total. The molecule has 2 saturated heterocycles. The average Bonchev–Trinajstić information content (AvgIpc) is 2.79. The van der Waals surface area contributed by atoms with Crippen LogP contribution >= 0.6 is 0 Å². The highest BCUT2D eigenvalue weighted by atomic mass is 19.3. The van der Waals surface area contributed by atoms with Gasteiger partial charge < -0.3 is 15.0 Å². The SMILES string of the molecule is Cc1nnc(N[C@H](C)c2cccc(C(C)(F)F)c2F)c2cc(N3CCC4(CC3)COC4)cnc12. The second-order valence-electron chi connectivity index (χ2n) is 9.67. The molecule has 0 saturated carbocycles. The van der Waals surface area contributed by atoms with E-state index in [1.54, 1.807) is 6.92 Å². The maximum Gasteiger partial charge on any atom is 0.273 e. The molecule has 0 bridgehead atoms. The zero-order valence-corrected chi connectivity index (χ0v) is 19.5. The van der Waals surface area contributed by atoms with Gasteiger partial charge in [0, 0.05) is 36.4 Å². The van der Waals surface area contributed by atoms with E-state index in [2.05, 4.69) is 25.4 Å². The number of alkyl halides is 2. The third kappa shape index (κ3) is 4.06. The van der Waals surface area contributed by atoms with Crippen LogP contribution in [0.2, 0.25) is 0 Å². The van der Waals surface area contributed by atoms with E-state index in [1.165, 1.54) is 12.1 Å². The number of nitrogens with zero attached hydrogens (tertiary/aromatic N) is 4. The highest BCUT2D eigenvalue weighted by Crippen LogP contribution is 2.40. The van der Waals surface area contributed by atoms with Crippen molar-refractivity contribution in [3.8, 4) is 0 Å². The summed E-state index contributed by atoms with van der Waals surface area (Å²) in [7, 11) is 0. The van der Waals surface area contributed by atoms with Gasteiger partial charge in [-0.1, -0.05) is 18.2 Å². The van der Waals surface area contributed by atoms with E-state index in [-0.39, 0.29) is 5.56 Å². The van der Waals surface area contributed by atoms with Crippen LogP contribution in [0.3, 0.4) is 0 Å². The Labute approximate surface area is 196 Å². The Morgan fingerprint density at radius 1 is 1.18 bits per heavy atom. The van der Waals surface area contributed by atoms with Crippen molar-refractivity contribution >= 4 is 22.4 Å². The minimum atomic E-state index is -3.27. The second kappa shape index (κ2) is 8.37. The van der Waals surface area contributed by atoms with Crippen LogP contribution in [-0.4, -0.2) is 41.5 Å². The number of rotatable bonds is 5. The van der Waals surface area contributed by atoms with Crippen molar-refractivity contribution < 1.29 is 17.9 Å². The maximum absolute atomic E-state index is 14.9. The van der Waals surface area contributed by atoms with Gasteiger partial charge in [0.15, 0.2) is 5.82 Å². The van der Waals surface area contributed by atoms with Crippen LogP contribution < -0.4 is 10.2 Å². The number of pyridine rings is 1. The third-order valence-electron chi connectivity index (χ3n) is 7.10. The van der Waals surface area contributed by atoms with Crippen LogP contribution in [-0.2, 0) is 10.7 Å². The lowest BCUT2D eigenvalue weighted by atomic mass is 9.77. The Kier molecular flexibility index (Phi) is 5.62. The van der Waals surface area contributed by atoms with E-state index in [0.29, 0.717) is 29.4 Å². The Balaban J connectivity index is 1.44. The number of nitrogens with one attached hydrogen (secondary N) is 1. The molecule has 2 fully saturated rings. The number of benzene rings is 1. The van der Waals surface area contributed by atoms with Crippen molar-refractivity contribution in [3.63, 3.8) is 0 Å². The van der Waals surface area contributed by atoms with Crippen LogP contribution in [0, 0.1) is 18.2 Å². The lowest BCUT2D eigenvalue weighted by Gasteiger charge is -2.47. The van der Waals surface area contributed by atoms with Crippen LogP contribution in [0.15, 0.2) is 30.5 Å². The van der Waals surface area contributed by atoms with Crippen molar-refractivity contribution in [2.75, 3.05) is 36.5 Å². The molecule has 1 aromatic carbocycles. The Morgan fingerprint density at radius 3 is 2.56 bits per heavy atom. The Morgan fingerprint density at radius 2 is 1.91 bits per heavy atom. The smallest absolute Gasteiger partial charge is 0.273 e. The van der Waals surface area contributed by atoms with Gasteiger partial charge in [0.1, 0.15) is 5.82 Å². The van der Waals surface area contributed by atoms with E-state index < -0.39 is 23.3 Å². The van der Waals surface area contributed by atoms with Crippen LogP contribution in [0.25, 0.3) is 10.9 Å². The fourth-order valence-electron chi connectivity index (χ4n) is 4.85. The number of ether oxygens (including phenoxy) is 1. The third-order valence-corrected chi connectivity index (χ3v) is 7.10. The molecule has 0 radical (unpaired) electrons. The minimum absolute atomic E-state index is 0.141. The number of halogens is 3. The predicted octanol–water partition coefficient (Wildman–Crippen LogP) is 5.37. The Hall–Kier alpha value is -2.94. The van der Waals surface area contributed by atoms with E-state index in [0.717, 1.165) is 56.3 Å². The van der Waals surface area contributed by atoms with Crippen molar-refractivity contribution in [1.82, 2.24) is 15.2 Å². The van der Waals surface area contributed by atoms with Gasteiger partial charge in [-0.05, 0) is 32.8 Å². The maximum atomic E-state index is 14.9. The molecule has 180 valence electrons. The summed E-state index contributed by atoms with van der Waals surface area (Å²) in [6.07, 6.45) is 4.02. The van der Waals surface area contributed by atoms with E-state index in [4.69, 9.17) is 4.74 Å². The zero-order chi connectivity index (χ0) is 24.1. The Bertz CT molecular complexity index is 1220. The molecule has 1 spiro atoms. The summed E-state index contributed by atoms with van der Waals surface area (Å²) < 4.78 is 48.0. The summed E-state index contributed by atoms with van der Waals surface area (Å²) in [6, 6.07) is 5.48. The van der Waals surface area contributed by atoms with Gasteiger partial charge in [0.2, 0.25) is 0 Å². The molecule has 9 heteroatoms. The lowest BCUT2D eigenvalue weighted by Crippen LogP contribution is -2.50. The number of aryl methyl sites for hydroxylation is 1. The van der Waals surface area contributed by atoms with E-state index in [9.17, 15) is 13.2 Å². The summed E-state index contributed by atoms with van der Waals surface area (Å²) in [5, 5.41) is 12.4. The molecule has 2 aromatic heterocycles. The number of hydrogen-bond acceptors (Lipinski definition) is 6. The van der Waals surface area contributed by atoms with Gasteiger partial charge in [-0.3, -0.25) is 4.98 Å². The molecular formula is C25H28F3N5O. The van der Waals surface area contributed by atoms with Crippen LogP contribution in [0.5, 0.6) is 0 Å². The van der Waals surface area contributed by atoms with E-state index in [1.807, 2.05) is 19.2 Å². The molecule has 5 rings (SSSR count). The first kappa shape index (κ1) is 22.8.